The van der Waals surface area contributed by atoms with Crippen molar-refractivity contribution in [1.82, 2.24) is 0 Å². The van der Waals surface area contributed by atoms with Gasteiger partial charge in [0.2, 0.25) is 0 Å². The summed E-state index contributed by atoms with van der Waals surface area (Å²) in [5, 5.41) is 0. The Hall–Kier alpha value is -2.46. The van der Waals surface area contributed by atoms with Gasteiger partial charge in [-0.05, 0) is 5.56 Å². The zero-order valence-corrected chi connectivity index (χ0v) is 12.9. The molecule has 0 aromatic heterocycles. The summed E-state index contributed by atoms with van der Waals surface area (Å²) in [5.74, 6) is -1.71. The molecule has 0 unspecified atom stereocenters. The normalized spacial score (nSPS) is 15.3. The van der Waals surface area contributed by atoms with E-state index < -0.39 is 11.4 Å². The Morgan fingerprint density at radius 2 is 1.43 bits per heavy atom. The van der Waals surface area contributed by atoms with Gasteiger partial charge in [-0.25, -0.2) is 0 Å². The first-order valence-electron chi connectivity index (χ1n) is 7.07. The van der Waals surface area contributed by atoms with Crippen LogP contribution in [0.1, 0.15) is 26.3 Å². The molecular weight excluding hydrogens is 316 g/mol. The van der Waals surface area contributed by atoms with E-state index >= 15 is 0 Å². The standard InChI is InChI=1S/C18H13ClO4/c19-10-15(20)23-11-18(12-6-2-1-3-7-12)16(21)13-8-4-5-9-14(13)17(18)22/h1-9H,10-11H2. The molecule has 0 heterocycles. The fourth-order valence-electron chi connectivity index (χ4n) is 2.87. The first kappa shape index (κ1) is 15.4. The van der Waals surface area contributed by atoms with Crippen LogP contribution in [-0.4, -0.2) is 30.0 Å². The summed E-state index contributed by atoms with van der Waals surface area (Å²) in [5.41, 5.74) is -0.327. The van der Waals surface area contributed by atoms with Crippen LogP contribution in [0.25, 0.3) is 0 Å². The number of carbonyl (C=O) groups excluding carboxylic acids is 3. The molecule has 0 amide bonds. The zero-order chi connectivity index (χ0) is 16.4. The molecule has 0 radical (unpaired) electrons. The predicted molar refractivity (Wildman–Crippen MR) is 84.9 cm³/mol. The monoisotopic (exact) mass is 328 g/mol. The summed E-state index contributed by atoms with van der Waals surface area (Å²) in [7, 11) is 0. The molecule has 0 spiro atoms. The van der Waals surface area contributed by atoms with Gasteiger partial charge < -0.3 is 4.74 Å². The van der Waals surface area contributed by atoms with Crippen LogP contribution in [0, 0.1) is 0 Å². The van der Waals surface area contributed by atoms with E-state index in [1.807, 2.05) is 0 Å². The lowest BCUT2D eigenvalue weighted by Gasteiger charge is -2.25. The van der Waals surface area contributed by atoms with Crippen molar-refractivity contribution < 1.29 is 19.1 Å². The van der Waals surface area contributed by atoms with Crippen LogP contribution in [0.4, 0.5) is 0 Å². The number of ketones is 2. The molecule has 116 valence electrons. The molecule has 0 N–H and O–H groups in total. The van der Waals surface area contributed by atoms with Crippen molar-refractivity contribution in [1.29, 1.82) is 0 Å². The number of ether oxygens (including phenoxy) is 1. The molecule has 5 heteroatoms. The number of Topliss-reactive ketones (excluding diaryl/α,β-unsaturated/α-hetero) is 2. The number of hydrogen-bond donors (Lipinski definition) is 0. The van der Waals surface area contributed by atoms with Crippen molar-refractivity contribution in [2.75, 3.05) is 12.5 Å². The summed E-state index contributed by atoms with van der Waals surface area (Å²) < 4.78 is 5.09. The summed E-state index contributed by atoms with van der Waals surface area (Å²) >= 11 is 5.45. The summed E-state index contributed by atoms with van der Waals surface area (Å²) in [4.78, 5) is 37.4. The minimum Gasteiger partial charge on any atom is -0.463 e. The Balaban J connectivity index is 2.13. The summed E-state index contributed by atoms with van der Waals surface area (Å²) in [6.07, 6.45) is 0. The molecular formula is C18H13ClO4. The van der Waals surface area contributed by atoms with Crippen LogP contribution in [-0.2, 0) is 14.9 Å². The number of alkyl halides is 1. The van der Waals surface area contributed by atoms with Crippen LogP contribution in [0.15, 0.2) is 54.6 Å². The highest BCUT2D eigenvalue weighted by atomic mass is 35.5. The van der Waals surface area contributed by atoms with Crippen LogP contribution >= 0.6 is 11.6 Å². The van der Waals surface area contributed by atoms with Crippen LogP contribution in [0.3, 0.4) is 0 Å². The molecule has 0 bridgehead atoms. The summed E-state index contributed by atoms with van der Waals surface area (Å²) in [6.45, 7) is -0.352. The lowest BCUT2D eigenvalue weighted by Crippen LogP contribution is -2.43. The number of rotatable bonds is 4. The molecule has 0 atom stereocenters. The number of esters is 1. The number of fused-ring (bicyclic) bond motifs is 1. The van der Waals surface area contributed by atoms with E-state index in [1.165, 1.54) is 0 Å². The van der Waals surface area contributed by atoms with Gasteiger partial charge in [0.05, 0.1) is 0 Å². The van der Waals surface area contributed by atoms with E-state index in [9.17, 15) is 14.4 Å². The van der Waals surface area contributed by atoms with E-state index in [4.69, 9.17) is 16.3 Å². The second-order valence-electron chi connectivity index (χ2n) is 5.27. The van der Waals surface area contributed by atoms with Crippen LogP contribution in [0.2, 0.25) is 0 Å². The van der Waals surface area contributed by atoms with Gasteiger partial charge in [0.1, 0.15) is 12.5 Å². The van der Waals surface area contributed by atoms with Gasteiger partial charge >= 0.3 is 5.97 Å². The molecule has 1 aliphatic carbocycles. The maximum absolute atomic E-state index is 13.0. The fourth-order valence-corrected chi connectivity index (χ4v) is 2.95. The minimum absolute atomic E-state index is 0.333. The van der Waals surface area contributed by atoms with Crippen molar-refractivity contribution in [3.63, 3.8) is 0 Å². The third-order valence-electron chi connectivity index (χ3n) is 4.02. The average Bonchev–Trinajstić information content (AvgIpc) is 2.83. The largest absolute Gasteiger partial charge is 0.463 e. The van der Waals surface area contributed by atoms with Crippen molar-refractivity contribution in [3.8, 4) is 0 Å². The Morgan fingerprint density at radius 1 is 0.913 bits per heavy atom. The highest BCUT2D eigenvalue weighted by Gasteiger charge is 2.55. The highest BCUT2D eigenvalue weighted by Crippen LogP contribution is 2.40. The van der Waals surface area contributed by atoms with E-state index in [0.717, 1.165) is 0 Å². The lowest BCUT2D eigenvalue weighted by molar-refractivity contribution is -0.141. The van der Waals surface area contributed by atoms with Gasteiger partial charge in [-0.2, -0.15) is 0 Å². The predicted octanol–water partition coefficient (Wildman–Crippen LogP) is 2.79. The van der Waals surface area contributed by atoms with Gasteiger partial charge in [-0.3, -0.25) is 14.4 Å². The molecule has 4 nitrogen and oxygen atoms in total. The van der Waals surface area contributed by atoms with E-state index in [-0.39, 0.29) is 24.1 Å². The topological polar surface area (TPSA) is 60.4 Å². The first-order valence-corrected chi connectivity index (χ1v) is 7.60. The molecule has 0 fully saturated rings. The van der Waals surface area contributed by atoms with Crippen LogP contribution < -0.4 is 0 Å². The maximum Gasteiger partial charge on any atom is 0.320 e. The van der Waals surface area contributed by atoms with Gasteiger partial charge in [0.25, 0.3) is 0 Å². The van der Waals surface area contributed by atoms with E-state index in [1.54, 1.807) is 54.6 Å². The second-order valence-corrected chi connectivity index (χ2v) is 5.54. The maximum atomic E-state index is 13.0. The average molecular weight is 329 g/mol. The minimum atomic E-state index is -1.54. The SMILES string of the molecule is O=C(CCl)OCC1(c2ccccc2)C(=O)c2ccccc2C1=O. The van der Waals surface area contributed by atoms with Crippen molar-refractivity contribution in [2.45, 2.75) is 5.41 Å². The highest BCUT2D eigenvalue weighted by molar-refractivity contribution is 6.33. The fraction of sp³-hybridized carbons (Fsp3) is 0.167. The zero-order valence-electron chi connectivity index (χ0n) is 12.1. The first-order chi connectivity index (χ1) is 11.1. The molecule has 0 saturated carbocycles. The van der Waals surface area contributed by atoms with Crippen LogP contribution in [0.5, 0.6) is 0 Å². The second kappa shape index (κ2) is 5.97. The van der Waals surface area contributed by atoms with Crippen molar-refractivity contribution in [3.05, 3.63) is 71.3 Å². The van der Waals surface area contributed by atoms with Gasteiger partial charge in [0.15, 0.2) is 17.0 Å². The molecule has 0 aliphatic heterocycles. The lowest BCUT2D eigenvalue weighted by atomic mass is 9.76. The van der Waals surface area contributed by atoms with Crippen molar-refractivity contribution >= 4 is 29.1 Å². The van der Waals surface area contributed by atoms with E-state index in [2.05, 4.69) is 0 Å². The van der Waals surface area contributed by atoms with Gasteiger partial charge in [-0.15, -0.1) is 11.6 Å². The number of benzene rings is 2. The Labute approximate surface area is 138 Å². The van der Waals surface area contributed by atoms with Gasteiger partial charge in [0, 0.05) is 11.1 Å². The van der Waals surface area contributed by atoms with E-state index in [0.29, 0.717) is 16.7 Å². The number of hydrogen-bond acceptors (Lipinski definition) is 4. The third-order valence-corrected chi connectivity index (χ3v) is 4.24. The molecule has 3 rings (SSSR count). The summed E-state index contributed by atoms with van der Waals surface area (Å²) in [6, 6.07) is 15.3. The Morgan fingerprint density at radius 3 is 1.96 bits per heavy atom. The molecule has 2 aromatic rings. The molecule has 2 aromatic carbocycles. The molecule has 1 aliphatic rings. The Bertz CT molecular complexity index is 748. The number of halogens is 1. The van der Waals surface area contributed by atoms with Gasteiger partial charge in [-0.1, -0.05) is 54.6 Å². The molecule has 23 heavy (non-hydrogen) atoms. The quantitative estimate of drug-likeness (QED) is 0.492. The Kier molecular flexibility index (Phi) is 4.01. The smallest absolute Gasteiger partial charge is 0.320 e. The number of carbonyl (C=O) groups is 3. The third kappa shape index (κ3) is 2.35. The van der Waals surface area contributed by atoms with Crippen molar-refractivity contribution in [2.24, 2.45) is 0 Å². The molecule has 0 saturated heterocycles.